The van der Waals surface area contributed by atoms with Gasteiger partial charge in [-0.1, -0.05) is 36.5 Å². The molecule has 0 aliphatic rings. The first-order valence-electron chi connectivity index (χ1n) is 5.23. The van der Waals surface area contributed by atoms with Gasteiger partial charge in [0.05, 0.1) is 0 Å². The largest absolute Gasteiger partial charge is 0.332 e. The van der Waals surface area contributed by atoms with Gasteiger partial charge >= 0.3 is 0 Å². The van der Waals surface area contributed by atoms with Crippen LogP contribution >= 0.6 is 23.6 Å². The summed E-state index contributed by atoms with van der Waals surface area (Å²) < 4.78 is 0. The minimum absolute atomic E-state index is 0.523. The van der Waals surface area contributed by atoms with E-state index in [0.717, 1.165) is 22.2 Å². The quantitative estimate of drug-likeness (QED) is 0.835. The van der Waals surface area contributed by atoms with Crippen LogP contribution in [0.2, 0.25) is 0 Å². The minimum atomic E-state index is 0.523. The first-order valence-corrected chi connectivity index (χ1v) is 6.46. The lowest BCUT2D eigenvalue weighted by Crippen LogP contribution is -2.18. The molecular weight excluding hydrogens is 252 g/mol. The first kappa shape index (κ1) is 11.9. The van der Waals surface area contributed by atoms with E-state index in [9.17, 15) is 0 Å². The van der Waals surface area contributed by atoms with E-state index in [1.54, 1.807) is 0 Å². The summed E-state index contributed by atoms with van der Waals surface area (Å²) in [5.41, 5.74) is 0.949. The molecular formula is C11H12N4S2. The first-order chi connectivity index (χ1) is 8.28. The van der Waals surface area contributed by atoms with Crippen LogP contribution in [0.3, 0.4) is 0 Å². The van der Waals surface area contributed by atoms with Gasteiger partial charge in [-0.2, -0.15) is 0 Å². The Bertz CT molecular complexity index is 495. The van der Waals surface area contributed by atoms with Gasteiger partial charge < -0.3 is 10.6 Å². The fourth-order valence-corrected chi connectivity index (χ4v) is 2.19. The molecule has 0 aliphatic carbocycles. The van der Waals surface area contributed by atoms with Crippen LogP contribution in [0.15, 0.2) is 30.3 Å². The van der Waals surface area contributed by atoms with Crippen LogP contribution in [0.4, 0.5) is 10.8 Å². The zero-order valence-electron chi connectivity index (χ0n) is 9.30. The van der Waals surface area contributed by atoms with E-state index in [0.29, 0.717) is 5.11 Å². The van der Waals surface area contributed by atoms with Crippen LogP contribution < -0.4 is 10.6 Å². The molecule has 17 heavy (non-hydrogen) atoms. The highest BCUT2D eigenvalue weighted by atomic mass is 32.1. The summed E-state index contributed by atoms with van der Waals surface area (Å²) in [6.07, 6.45) is 0.887. The monoisotopic (exact) mass is 264 g/mol. The van der Waals surface area contributed by atoms with E-state index >= 15 is 0 Å². The van der Waals surface area contributed by atoms with Crippen molar-refractivity contribution in [1.29, 1.82) is 0 Å². The van der Waals surface area contributed by atoms with Crippen molar-refractivity contribution in [3.63, 3.8) is 0 Å². The molecule has 0 spiro atoms. The van der Waals surface area contributed by atoms with Crippen LogP contribution in [0.1, 0.15) is 11.9 Å². The van der Waals surface area contributed by atoms with Crippen molar-refractivity contribution in [1.82, 2.24) is 10.2 Å². The molecule has 2 rings (SSSR count). The second-order valence-electron chi connectivity index (χ2n) is 3.30. The van der Waals surface area contributed by atoms with Gasteiger partial charge in [-0.05, 0) is 30.8 Å². The second kappa shape index (κ2) is 5.70. The fourth-order valence-electron chi connectivity index (χ4n) is 1.23. The number of hydrogen-bond donors (Lipinski definition) is 2. The normalized spacial score (nSPS) is 9.94. The predicted octanol–water partition coefficient (Wildman–Crippen LogP) is 2.91. The molecule has 2 aromatic rings. The zero-order valence-corrected chi connectivity index (χ0v) is 10.9. The maximum Gasteiger partial charge on any atom is 0.211 e. The summed E-state index contributed by atoms with van der Waals surface area (Å²) in [5.74, 6) is 0. The highest BCUT2D eigenvalue weighted by molar-refractivity contribution is 7.80. The van der Waals surface area contributed by atoms with Crippen molar-refractivity contribution in [3.8, 4) is 0 Å². The maximum atomic E-state index is 5.18. The summed E-state index contributed by atoms with van der Waals surface area (Å²) in [4.78, 5) is 0. The van der Waals surface area contributed by atoms with E-state index in [-0.39, 0.29) is 0 Å². The molecule has 6 heteroatoms. The van der Waals surface area contributed by atoms with Crippen molar-refractivity contribution in [2.24, 2.45) is 0 Å². The summed E-state index contributed by atoms with van der Waals surface area (Å²) >= 11 is 6.69. The van der Waals surface area contributed by atoms with E-state index in [1.165, 1.54) is 11.3 Å². The number of para-hydroxylation sites is 1. The third-order valence-electron chi connectivity index (χ3n) is 2.02. The second-order valence-corrected chi connectivity index (χ2v) is 4.77. The molecule has 1 aromatic carbocycles. The van der Waals surface area contributed by atoms with Crippen molar-refractivity contribution in [3.05, 3.63) is 35.3 Å². The summed E-state index contributed by atoms with van der Waals surface area (Å²) in [6, 6.07) is 9.76. The average Bonchev–Trinajstić information content (AvgIpc) is 2.78. The Hall–Kier alpha value is -1.53. The number of rotatable bonds is 3. The number of aromatic nitrogens is 2. The third-order valence-corrected chi connectivity index (χ3v) is 3.21. The number of nitrogens with one attached hydrogen (secondary N) is 2. The Kier molecular flexibility index (Phi) is 4.00. The van der Waals surface area contributed by atoms with Gasteiger partial charge in [-0.25, -0.2) is 0 Å². The minimum Gasteiger partial charge on any atom is -0.332 e. The van der Waals surface area contributed by atoms with Gasteiger partial charge in [0.2, 0.25) is 5.13 Å². The lowest BCUT2D eigenvalue weighted by atomic mass is 10.3. The SMILES string of the molecule is CCc1nnc(NC(=S)Nc2ccccc2)s1. The Morgan fingerprint density at radius 3 is 2.65 bits per heavy atom. The standard InChI is InChI=1S/C11H12N4S2/c1-2-9-14-15-11(17-9)13-10(16)12-8-6-4-3-5-7-8/h3-7H,2H2,1H3,(H2,12,13,15,16). The van der Waals surface area contributed by atoms with Crippen LogP contribution in [0.25, 0.3) is 0 Å². The number of hydrogen-bond acceptors (Lipinski definition) is 4. The molecule has 0 saturated heterocycles. The number of nitrogens with zero attached hydrogens (tertiary/aromatic N) is 2. The topological polar surface area (TPSA) is 49.8 Å². The Balaban J connectivity index is 1.93. The number of anilines is 2. The molecule has 4 nitrogen and oxygen atoms in total. The van der Waals surface area contributed by atoms with Crippen LogP contribution in [-0.2, 0) is 6.42 Å². The number of benzene rings is 1. The van der Waals surface area contributed by atoms with Gasteiger partial charge in [-0.3, -0.25) is 0 Å². The van der Waals surface area contributed by atoms with Gasteiger partial charge in [0.25, 0.3) is 0 Å². The van der Waals surface area contributed by atoms with Crippen molar-refractivity contribution in [2.45, 2.75) is 13.3 Å². The molecule has 2 N–H and O–H groups in total. The predicted molar refractivity (Wildman–Crippen MR) is 75.6 cm³/mol. The molecule has 0 unspecified atom stereocenters. The Morgan fingerprint density at radius 1 is 1.24 bits per heavy atom. The van der Waals surface area contributed by atoms with Crippen LogP contribution in [0.5, 0.6) is 0 Å². The lowest BCUT2D eigenvalue weighted by molar-refractivity contribution is 0.987. The van der Waals surface area contributed by atoms with E-state index in [2.05, 4.69) is 20.8 Å². The molecule has 0 saturated carbocycles. The summed E-state index contributed by atoms with van der Waals surface area (Å²) in [5, 5.41) is 16.3. The van der Waals surface area contributed by atoms with Gasteiger partial charge in [0.15, 0.2) is 5.11 Å². The van der Waals surface area contributed by atoms with Crippen molar-refractivity contribution < 1.29 is 0 Å². The van der Waals surface area contributed by atoms with E-state index < -0.39 is 0 Å². The molecule has 1 aromatic heterocycles. The number of aryl methyl sites for hydroxylation is 1. The number of thiocarbonyl (C=S) groups is 1. The molecule has 0 radical (unpaired) electrons. The lowest BCUT2D eigenvalue weighted by Gasteiger charge is -2.07. The fraction of sp³-hybridized carbons (Fsp3) is 0.182. The molecule has 0 fully saturated rings. The van der Waals surface area contributed by atoms with Gasteiger partial charge in [0, 0.05) is 5.69 Å². The molecule has 0 amide bonds. The molecule has 0 bridgehead atoms. The van der Waals surface area contributed by atoms with Crippen molar-refractivity contribution >= 4 is 39.5 Å². The highest BCUT2D eigenvalue weighted by Crippen LogP contribution is 2.15. The van der Waals surface area contributed by atoms with Crippen molar-refractivity contribution in [2.75, 3.05) is 10.6 Å². The summed E-state index contributed by atoms with van der Waals surface area (Å²) in [6.45, 7) is 2.05. The molecule has 0 atom stereocenters. The Labute approximate surface area is 109 Å². The van der Waals surface area contributed by atoms with Gasteiger partial charge in [-0.15, -0.1) is 10.2 Å². The van der Waals surface area contributed by atoms with Crippen LogP contribution in [-0.4, -0.2) is 15.3 Å². The zero-order chi connectivity index (χ0) is 12.1. The smallest absolute Gasteiger partial charge is 0.211 e. The average molecular weight is 264 g/mol. The summed E-state index contributed by atoms with van der Waals surface area (Å²) in [7, 11) is 0. The van der Waals surface area contributed by atoms with E-state index in [1.807, 2.05) is 37.3 Å². The molecule has 0 aliphatic heterocycles. The Morgan fingerprint density at radius 2 is 2.00 bits per heavy atom. The van der Waals surface area contributed by atoms with Gasteiger partial charge in [0.1, 0.15) is 5.01 Å². The van der Waals surface area contributed by atoms with E-state index in [4.69, 9.17) is 12.2 Å². The maximum absolute atomic E-state index is 5.18. The highest BCUT2D eigenvalue weighted by Gasteiger charge is 2.04. The van der Waals surface area contributed by atoms with Crippen LogP contribution in [0, 0.1) is 0 Å². The molecule has 88 valence electrons. The molecule has 1 heterocycles. The third kappa shape index (κ3) is 3.47.